The molecule has 0 fully saturated rings. The average molecular weight is 359 g/mol. The predicted octanol–water partition coefficient (Wildman–Crippen LogP) is 4.32. The van der Waals surface area contributed by atoms with E-state index in [1.54, 1.807) is 0 Å². The van der Waals surface area contributed by atoms with Crippen LogP contribution in [0.25, 0.3) is 0 Å². The Kier molecular flexibility index (Phi) is 9.21. The summed E-state index contributed by atoms with van der Waals surface area (Å²) in [5.41, 5.74) is 0.847. The fraction of sp³-hybridized carbons (Fsp3) is 0.550. The minimum Gasteiger partial charge on any atom is -0.444 e. The molecule has 0 aliphatic carbocycles. The van der Waals surface area contributed by atoms with Gasteiger partial charge in [-0.3, -0.25) is 0 Å². The molecule has 0 aromatic heterocycles. The lowest BCUT2D eigenvalue weighted by Crippen LogP contribution is -2.48. The van der Waals surface area contributed by atoms with E-state index in [2.05, 4.69) is 11.4 Å². The van der Waals surface area contributed by atoms with Gasteiger partial charge in [0.25, 0.3) is 0 Å². The molecule has 1 rings (SSSR count). The van der Waals surface area contributed by atoms with Gasteiger partial charge >= 0.3 is 12.1 Å². The summed E-state index contributed by atoms with van der Waals surface area (Å²) in [5, 5.41) is 11.8. The zero-order valence-electron chi connectivity index (χ0n) is 16.1. The summed E-state index contributed by atoms with van der Waals surface area (Å²) in [6, 6.07) is 10.1. The molecule has 0 spiro atoms. The molecule has 0 unspecified atom stereocenters. The number of imide groups is 1. The number of ether oxygens (including phenoxy) is 1. The molecule has 3 amide bonds. The monoisotopic (exact) mass is 359 g/mol. The van der Waals surface area contributed by atoms with Gasteiger partial charge in [-0.2, -0.15) is 5.26 Å². The van der Waals surface area contributed by atoms with Gasteiger partial charge in [0.1, 0.15) is 12.6 Å². The number of rotatable bonds is 8. The fourth-order valence-electron chi connectivity index (χ4n) is 2.30. The van der Waals surface area contributed by atoms with E-state index >= 15 is 0 Å². The number of carbonyl (C=O) groups is 2. The Morgan fingerprint density at radius 1 is 1.15 bits per heavy atom. The van der Waals surface area contributed by atoms with Crippen molar-refractivity contribution >= 4 is 12.1 Å². The van der Waals surface area contributed by atoms with E-state index in [0.29, 0.717) is 18.8 Å². The Labute approximate surface area is 156 Å². The van der Waals surface area contributed by atoms with Crippen LogP contribution in [0.1, 0.15) is 46.1 Å². The highest BCUT2D eigenvalue weighted by Crippen LogP contribution is 2.09. The van der Waals surface area contributed by atoms with Crippen molar-refractivity contribution in [2.24, 2.45) is 11.8 Å². The predicted molar refractivity (Wildman–Crippen MR) is 100 cm³/mol. The molecule has 0 saturated carbocycles. The summed E-state index contributed by atoms with van der Waals surface area (Å²) in [6.07, 6.45) is 0.488. The highest BCUT2D eigenvalue weighted by Gasteiger charge is 2.25. The van der Waals surface area contributed by atoms with Crippen molar-refractivity contribution in [2.75, 3.05) is 6.54 Å². The second kappa shape index (κ2) is 11.1. The van der Waals surface area contributed by atoms with Gasteiger partial charge in [0.05, 0.1) is 6.07 Å². The number of amides is 3. The Balaban J connectivity index is 2.73. The first-order chi connectivity index (χ1) is 12.3. The molecule has 0 heterocycles. The third kappa shape index (κ3) is 8.02. The molecule has 1 atom stereocenters. The molecular weight excluding hydrogens is 330 g/mol. The summed E-state index contributed by atoms with van der Waals surface area (Å²) in [7, 11) is 0. The van der Waals surface area contributed by atoms with Gasteiger partial charge in [-0.05, 0) is 30.2 Å². The van der Waals surface area contributed by atoms with Gasteiger partial charge in [0.15, 0.2) is 0 Å². The van der Waals surface area contributed by atoms with Gasteiger partial charge < -0.3 is 10.1 Å². The van der Waals surface area contributed by atoms with E-state index in [4.69, 9.17) is 4.74 Å². The first kappa shape index (κ1) is 21.5. The third-order valence-electron chi connectivity index (χ3n) is 3.76. The van der Waals surface area contributed by atoms with Gasteiger partial charge in [-0.1, -0.05) is 58.0 Å². The molecule has 0 radical (unpaired) electrons. The Hall–Kier alpha value is -2.55. The standard InChI is InChI=1S/C20H29N3O3/c1-15(2)10-11-23(19(24)22-18(13-21)12-16(3)4)20(25)26-14-17-8-6-5-7-9-17/h5-9,15-16,18H,10-12,14H2,1-4H3,(H,22,24)/t18-/m0/s1. The lowest BCUT2D eigenvalue weighted by molar-refractivity contribution is 0.102. The molecule has 0 saturated heterocycles. The summed E-state index contributed by atoms with van der Waals surface area (Å²) in [4.78, 5) is 26.0. The molecule has 1 aromatic rings. The minimum atomic E-state index is -0.701. The van der Waals surface area contributed by atoms with Crippen molar-refractivity contribution in [3.05, 3.63) is 35.9 Å². The van der Waals surface area contributed by atoms with Crippen LogP contribution in [0.2, 0.25) is 0 Å². The van der Waals surface area contributed by atoms with Crippen LogP contribution in [0.3, 0.4) is 0 Å². The maximum absolute atomic E-state index is 12.5. The van der Waals surface area contributed by atoms with Crippen LogP contribution in [0, 0.1) is 23.2 Å². The zero-order chi connectivity index (χ0) is 19.5. The molecule has 0 bridgehead atoms. The lowest BCUT2D eigenvalue weighted by Gasteiger charge is -2.23. The summed E-state index contributed by atoms with van der Waals surface area (Å²) in [6.45, 7) is 8.32. The van der Waals surface area contributed by atoms with Crippen LogP contribution in [0.4, 0.5) is 9.59 Å². The maximum atomic E-state index is 12.5. The summed E-state index contributed by atoms with van der Waals surface area (Å²) >= 11 is 0. The van der Waals surface area contributed by atoms with Crippen molar-refractivity contribution in [3.8, 4) is 6.07 Å². The van der Waals surface area contributed by atoms with Gasteiger partial charge in [0.2, 0.25) is 0 Å². The van der Waals surface area contributed by atoms with Crippen molar-refractivity contribution in [2.45, 2.75) is 53.2 Å². The minimum absolute atomic E-state index is 0.0960. The van der Waals surface area contributed by atoms with Crippen LogP contribution < -0.4 is 5.32 Å². The molecule has 26 heavy (non-hydrogen) atoms. The van der Waals surface area contributed by atoms with Crippen LogP contribution in [0.5, 0.6) is 0 Å². The van der Waals surface area contributed by atoms with E-state index < -0.39 is 18.2 Å². The number of hydrogen-bond donors (Lipinski definition) is 1. The van der Waals surface area contributed by atoms with E-state index in [1.165, 1.54) is 0 Å². The highest BCUT2D eigenvalue weighted by atomic mass is 16.6. The third-order valence-corrected chi connectivity index (χ3v) is 3.76. The number of carbonyl (C=O) groups excluding carboxylic acids is 2. The molecule has 6 nitrogen and oxygen atoms in total. The van der Waals surface area contributed by atoms with Crippen molar-refractivity contribution in [3.63, 3.8) is 0 Å². The smallest absolute Gasteiger partial charge is 0.418 e. The Bertz CT molecular complexity index is 608. The first-order valence-electron chi connectivity index (χ1n) is 9.01. The number of hydrogen-bond acceptors (Lipinski definition) is 4. The normalized spacial score (nSPS) is 11.7. The van der Waals surface area contributed by atoms with Gasteiger partial charge in [-0.15, -0.1) is 0 Å². The zero-order valence-corrected chi connectivity index (χ0v) is 16.1. The van der Waals surface area contributed by atoms with Crippen molar-refractivity contribution in [1.82, 2.24) is 10.2 Å². The maximum Gasteiger partial charge on any atom is 0.418 e. The number of nitrogens with one attached hydrogen (secondary N) is 1. The molecule has 142 valence electrons. The quantitative estimate of drug-likeness (QED) is 0.749. The summed E-state index contributed by atoms with van der Waals surface area (Å²) in [5.74, 6) is 0.587. The second-order valence-electron chi connectivity index (χ2n) is 7.14. The lowest BCUT2D eigenvalue weighted by atomic mass is 10.1. The van der Waals surface area contributed by atoms with E-state index in [9.17, 15) is 14.9 Å². The molecule has 6 heteroatoms. The van der Waals surface area contributed by atoms with Gasteiger partial charge in [-0.25, -0.2) is 14.5 Å². The number of nitriles is 1. The van der Waals surface area contributed by atoms with Crippen LogP contribution in [-0.2, 0) is 11.3 Å². The van der Waals surface area contributed by atoms with Crippen LogP contribution >= 0.6 is 0 Å². The highest BCUT2D eigenvalue weighted by molar-refractivity contribution is 5.91. The fourth-order valence-corrected chi connectivity index (χ4v) is 2.30. The second-order valence-corrected chi connectivity index (χ2v) is 7.14. The van der Waals surface area contributed by atoms with E-state index in [-0.39, 0.29) is 19.1 Å². The largest absolute Gasteiger partial charge is 0.444 e. The molecule has 0 aliphatic rings. The SMILES string of the molecule is CC(C)CCN(C(=O)N[C@H](C#N)CC(C)C)C(=O)OCc1ccccc1. The summed E-state index contributed by atoms with van der Waals surface area (Å²) < 4.78 is 5.28. The molecule has 1 aromatic carbocycles. The topological polar surface area (TPSA) is 82.4 Å². The Morgan fingerprint density at radius 2 is 1.81 bits per heavy atom. The Morgan fingerprint density at radius 3 is 2.35 bits per heavy atom. The molecule has 0 aliphatic heterocycles. The number of benzene rings is 1. The van der Waals surface area contributed by atoms with Crippen molar-refractivity contribution < 1.29 is 14.3 Å². The van der Waals surface area contributed by atoms with E-state index in [0.717, 1.165) is 10.5 Å². The van der Waals surface area contributed by atoms with Crippen LogP contribution in [0.15, 0.2) is 30.3 Å². The van der Waals surface area contributed by atoms with Crippen LogP contribution in [-0.4, -0.2) is 29.6 Å². The van der Waals surface area contributed by atoms with E-state index in [1.807, 2.05) is 58.0 Å². The molecular formula is C20H29N3O3. The number of nitrogens with zero attached hydrogens (tertiary/aromatic N) is 2. The van der Waals surface area contributed by atoms with Crippen molar-refractivity contribution in [1.29, 1.82) is 5.26 Å². The molecule has 1 N–H and O–H groups in total. The number of urea groups is 1. The average Bonchev–Trinajstić information content (AvgIpc) is 2.59. The first-order valence-corrected chi connectivity index (χ1v) is 9.01. The van der Waals surface area contributed by atoms with Gasteiger partial charge in [0, 0.05) is 6.54 Å².